The summed E-state index contributed by atoms with van der Waals surface area (Å²) in [6, 6.07) is -0.690. The van der Waals surface area contributed by atoms with Crippen molar-refractivity contribution in [1.82, 2.24) is 5.32 Å². The van der Waals surface area contributed by atoms with Crippen LogP contribution in [0, 0.1) is 5.41 Å². The second-order valence-electron chi connectivity index (χ2n) is 3.75. The highest BCUT2D eigenvalue weighted by molar-refractivity contribution is 5.94. The number of nitrogens with one attached hydrogen (secondary N) is 1. The lowest BCUT2D eigenvalue weighted by Crippen LogP contribution is -2.40. The van der Waals surface area contributed by atoms with Crippen LogP contribution in [0.1, 0.15) is 20.8 Å². The standard InChI is InChI=1S/C7H16N4O/c1-7(2,3)4-10-5(8)11-6(9)12/h4H2,1-3H3,(H5,8,9,10,11,12). The van der Waals surface area contributed by atoms with E-state index >= 15 is 0 Å². The van der Waals surface area contributed by atoms with Gasteiger partial charge in [0, 0.05) is 6.54 Å². The van der Waals surface area contributed by atoms with Gasteiger partial charge >= 0.3 is 6.03 Å². The highest BCUT2D eigenvalue weighted by atomic mass is 16.2. The first-order chi connectivity index (χ1) is 5.31. The first kappa shape index (κ1) is 10.7. The van der Waals surface area contributed by atoms with Crippen molar-refractivity contribution >= 4 is 12.0 Å². The molecule has 0 atom stereocenters. The van der Waals surface area contributed by atoms with Gasteiger partial charge in [-0.1, -0.05) is 20.8 Å². The van der Waals surface area contributed by atoms with E-state index in [0.717, 1.165) is 0 Å². The van der Waals surface area contributed by atoms with Gasteiger partial charge in [0.05, 0.1) is 0 Å². The van der Waals surface area contributed by atoms with Crippen LogP contribution in [0.2, 0.25) is 0 Å². The molecule has 0 aromatic rings. The van der Waals surface area contributed by atoms with Gasteiger partial charge in [-0.25, -0.2) is 4.79 Å². The van der Waals surface area contributed by atoms with Crippen molar-refractivity contribution in [3.8, 4) is 0 Å². The van der Waals surface area contributed by atoms with E-state index in [2.05, 4.69) is 10.3 Å². The normalized spacial score (nSPS) is 12.8. The van der Waals surface area contributed by atoms with Crippen LogP contribution in [0.15, 0.2) is 4.99 Å². The summed E-state index contributed by atoms with van der Waals surface area (Å²) in [4.78, 5) is 14.2. The number of carbonyl (C=O) groups excluding carboxylic acids is 1. The van der Waals surface area contributed by atoms with Crippen LogP contribution in [0.5, 0.6) is 0 Å². The van der Waals surface area contributed by atoms with E-state index in [-0.39, 0.29) is 11.4 Å². The maximum atomic E-state index is 10.3. The molecular weight excluding hydrogens is 156 g/mol. The van der Waals surface area contributed by atoms with Crippen LogP contribution in [0.25, 0.3) is 0 Å². The second kappa shape index (κ2) is 3.94. The summed E-state index contributed by atoms with van der Waals surface area (Å²) in [7, 11) is 0. The second-order valence-corrected chi connectivity index (χ2v) is 3.75. The number of urea groups is 1. The maximum Gasteiger partial charge on any atom is 0.318 e. The van der Waals surface area contributed by atoms with Gasteiger partial charge in [0.1, 0.15) is 0 Å². The molecule has 5 nitrogen and oxygen atoms in total. The molecule has 12 heavy (non-hydrogen) atoms. The quantitative estimate of drug-likeness (QED) is 0.384. The molecule has 0 unspecified atom stereocenters. The number of carbonyl (C=O) groups is 1. The van der Waals surface area contributed by atoms with Gasteiger partial charge in [-0.15, -0.1) is 0 Å². The van der Waals surface area contributed by atoms with Crippen LogP contribution < -0.4 is 16.8 Å². The summed E-state index contributed by atoms with van der Waals surface area (Å²) in [6.45, 7) is 6.62. The zero-order valence-electron chi connectivity index (χ0n) is 7.72. The zero-order valence-corrected chi connectivity index (χ0v) is 7.72. The SMILES string of the molecule is CC(C)(C)CN=C(N)NC(N)=O. The molecule has 0 fully saturated rings. The van der Waals surface area contributed by atoms with Crippen molar-refractivity contribution < 1.29 is 4.79 Å². The highest BCUT2D eigenvalue weighted by Gasteiger charge is 2.08. The van der Waals surface area contributed by atoms with Crippen molar-refractivity contribution in [2.75, 3.05) is 6.54 Å². The number of hydrogen-bond acceptors (Lipinski definition) is 2. The Hall–Kier alpha value is -1.26. The molecule has 5 N–H and O–H groups in total. The van der Waals surface area contributed by atoms with E-state index in [0.29, 0.717) is 6.54 Å². The van der Waals surface area contributed by atoms with Crippen LogP contribution >= 0.6 is 0 Å². The van der Waals surface area contributed by atoms with Gasteiger partial charge in [0.2, 0.25) is 0 Å². The molecule has 2 amide bonds. The van der Waals surface area contributed by atoms with Gasteiger partial charge in [-0.2, -0.15) is 0 Å². The number of hydrogen-bond donors (Lipinski definition) is 3. The van der Waals surface area contributed by atoms with Crippen LogP contribution in [0.4, 0.5) is 4.79 Å². The molecule has 0 bridgehead atoms. The molecule has 5 heteroatoms. The highest BCUT2D eigenvalue weighted by Crippen LogP contribution is 2.12. The van der Waals surface area contributed by atoms with Crippen molar-refractivity contribution in [2.24, 2.45) is 21.9 Å². The topological polar surface area (TPSA) is 93.5 Å². The average molecular weight is 172 g/mol. The van der Waals surface area contributed by atoms with E-state index in [4.69, 9.17) is 11.5 Å². The minimum absolute atomic E-state index is 0.0595. The van der Waals surface area contributed by atoms with Gasteiger partial charge in [-0.05, 0) is 5.41 Å². The fourth-order valence-corrected chi connectivity index (χ4v) is 0.488. The third-order valence-electron chi connectivity index (χ3n) is 0.975. The number of primary amides is 1. The first-order valence-corrected chi connectivity index (χ1v) is 3.67. The van der Waals surface area contributed by atoms with Crippen molar-refractivity contribution in [2.45, 2.75) is 20.8 Å². The third kappa shape index (κ3) is 6.85. The molecule has 0 aliphatic carbocycles. The third-order valence-corrected chi connectivity index (χ3v) is 0.975. The fourth-order valence-electron chi connectivity index (χ4n) is 0.488. The van der Waals surface area contributed by atoms with E-state index in [1.54, 1.807) is 0 Å². The molecule has 0 heterocycles. The Balaban J connectivity index is 3.93. The zero-order chi connectivity index (χ0) is 9.78. The van der Waals surface area contributed by atoms with Gasteiger partial charge in [-0.3, -0.25) is 10.3 Å². The molecule has 0 spiro atoms. The number of nitrogens with two attached hydrogens (primary N) is 2. The number of amides is 2. The van der Waals surface area contributed by atoms with E-state index in [1.807, 2.05) is 20.8 Å². The Morgan fingerprint density at radius 1 is 1.42 bits per heavy atom. The Bertz CT molecular complexity index is 192. The largest absolute Gasteiger partial charge is 0.370 e. The summed E-state index contributed by atoms with van der Waals surface area (Å²) in [6.07, 6.45) is 0. The molecule has 0 aromatic heterocycles. The van der Waals surface area contributed by atoms with Crippen molar-refractivity contribution in [1.29, 1.82) is 0 Å². The molecule has 0 aliphatic rings. The van der Waals surface area contributed by atoms with E-state index < -0.39 is 6.03 Å². The minimum Gasteiger partial charge on any atom is -0.370 e. The first-order valence-electron chi connectivity index (χ1n) is 3.67. The predicted octanol–water partition coefficient (Wildman–Crippen LogP) is 0.0155. The molecular formula is C7H16N4O. The average Bonchev–Trinajstić information content (AvgIpc) is 1.80. The lowest BCUT2D eigenvalue weighted by Gasteiger charge is -2.14. The lowest BCUT2D eigenvalue weighted by atomic mass is 9.97. The number of aliphatic imine (C=N–C) groups is 1. The Kier molecular flexibility index (Phi) is 3.53. The van der Waals surface area contributed by atoms with Gasteiger partial charge in [0.25, 0.3) is 0 Å². The number of guanidine groups is 1. The summed E-state index contributed by atoms with van der Waals surface area (Å²) < 4.78 is 0. The number of nitrogens with zero attached hydrogens (tertiary/aromatic N) is 1. The summed E-state index contributed by atoms with van der Waals surface area (Å²) in [5, 5.41) is 2.18. The van der Waals surface area contributed by atoms with E-state index in [9.17, 15) is 4.79 Å². The fraction of sp³-hybridized carbons (Fsp3) is 0.714. The monoisotopic (exact) mass is 172 g/mol. The van der Waals surface area contributed by atoms with Gasteiger partial charge in [0.15, 0.2) is 5.96 Å². The Morgan fingerprint density at radius 2 is 1.92 bits per heavy atom. The summed E-state index contributed by atoms with van der Waals surface area (Å²) in [5.41, 5.74) is 10.2. The smallest absolute Gasteiger partial charge is 0.318 e. The summed E-state index contributed by atoms with van der Waals surface area (Å²) in [5.74, 6) is 0.0671. The lowest BCUT2D eigenvalue weighted by molar-refractivity contribution is 0.253. The molecule has 0 saturated heterocycles. The summed E-state index contributed by atoms with van der Waals surface area (Å²) >= 11 is 0. The molecule has 0 aliphatic heterocycles. The molecule has 0 aromatic carbocycles. The minimum atomic E-state index is -0.690. The molecule has 0 rings (SSSR count). The van der Waals surface area contributed by atoms with Gasteiger partial charge < -0.3 is 11.5 Å². The van der Waals surface area contributed by atoms with Crippen LogP contribution in [-0.2, 0) is 0 Å². The van der Waals surface area contributed by atoms with E-state index in [1.165, 1.54) is 0 Å². The van der Waals surface area contributed by atoms with Crippen LogP contribution in [0.3, 0.4) is 0 Å². The van der Waals surface area contributed by atoms with Crippen molar-refractivity contribution in [3.63, 3.8) is 0 Å². The van der Waals surface area contributed by atoms with Crippen molar-refractivity contribution in [3.05, 3.63) is 0 Å². The Morgan fingerprint density at radius 3 is 2.25 bits per heavy atom. The maximum absolute atomic E-state index is 10.3. The molecule has 0 saturated carbocycles. The predicted molar refractivity (Wildman–Crippen MR) is 48.7 cm³/mol. The molecule has 0 radical (unpaired) electrons. The number of rotatable bonds is 1. The molecule has 70 valence electrons. The Labute approximate surface area is 72.2 Å². The van der Waals surface area contributed by atoms with Crippen LogP contribution in [-0.4, -0.2) is 18.5 Å².